The molecule has 0 saturated carbocycles. The number of nitrogens with zero attached hydrogens (tertiary/aromatic N) is 4. The Morgan fingerprint density at radius 3 is 2.88 bits per heavy atom. The normalized spacial score (nSPS) is 22.5. The van der Waals surface area contributed by atoms with Crippen molar-refractivity contribution in [2.75, 3.05) is 32.9 Å². The summed E-state index contributed by atoms with van der Waals surface area (Å²) in [6.45, 7) is 1.17. The second-order valence-electron chi connectivity index (χ2n) is 6.07. The third-order valence-electron chi connectivity index (χ3n) is 4.03. The molecular formula is C14H20N4O5S. The van der Waals surface area contributed by atoms with Crippen molar-refractivity contribution in [1.29, 1.82) is 0 Å². The van der Waals surface area contributed by atoms with E-state index in [0.717, 1.165) is 0 Å². The molecule has 0 spiro atoms. The van der Waals surface area contributed by atoms with Crippen LogP contribution >= 0.6 is 0 Å². The Morgan fingerprint density at radius 1 is 1.42 bits per heavy atom. The quantitative estimate of drug-likeness (QED) is 0.770. The fraction of sp³-hybridized carbons (Fsp3) is 0.571. The molecule has 1 N–H and O–H groups in total. The van der Waals surface area contributed by atoms with Crippen molar-refractivity contribution in [3.8, 4) is 11.6 Å². The minimum absolute atomic E-state index is 0.0842. The van der Waals surface area contributed by atoms with Crippen LogP contribution in [0.2, 0.25) is 0 Å². The van der Waals surface area contributed by atoms with Gasteiger partial charge in [0.1, 0.15) is 0 Å². The van der Waals surface area contributed by atoms with Gasteiger partial charge in [0.2, 0.25) is 21.7 Å². The lowest BCUT2D eigenvalue weighted by Crippen LogP contribution is -2.33. The topological polar surface area (TPSA) is 113 Å². The molecule has 1 fully saturated rings. The number of aliphatic hydroxyl groups excluding tert-OH is 1. The number of hydrogen-bond donors (Lipinski definition) is 1. The van der Waals surface area contributed by atoms with Crippen molar-refractivity contribution in [2.45, 2.75) is 12.6 Å². The van der Waals surface area contributed by atoms with E-state index in [9.17, 15) is 13.5 Å². The van der Waals surface area contributed by atoms with Crippen molar-refractivity contribution in [1.82, 2.24) is 19.3 Å². The zero-order chi connectivity index (χ0) is 17.3. The summed E-state index contributed by atoms with van der Waals surface area (Å²) in [5.41, 5.74) is 0. The standard InChI is InChI=1S/C14H20N4O5S/c1-17(2)24(20,21)9-10-6-18(7-11(10)19)8-13-15-14(16-23-13)12-4-3-5-22-12/h3-5,10-11,19H,6-9H2,1-2H3/t10-,11-/m0/s1. The first-order valence-electron chi connectivity index (χ1n) is 7.52. The monoisotopic (exact) mass is 356 g/mol. The van der Waals surface area contributed by atoms with E-state index in [0.29, 0.717) is 37.1 Å². The highest BCUT2D eigenvalue weighted by atomic mass is 32.2. The molecule has 0 unspecified atom stereocenters. The average molecular weight is 356 g/mol. The Morgan fingerprint density at radius 2 is 2.21 bits per heavy atom. The average Bonchev–Trinajstić information content (AvgIpc) is 3.21. The van der Waals surface area contributed by atoms with Crippen LogP contribution in [0, 0.1) is 5.92 Å². The summed E-state index contributed by atoms with van der Waals surface area (Å²) in [5.74, 6) is 0.844. The maximum Gasteiger partial charge on any atom is 0.241 e. The molecule has 1 aliphatic heterocycles. The SMILES string of the molecule is CN(C)S(=O)(=O)C[C@@H]1CN(Cc2nc(-c3ccco3)no2)C[C@@H]1O. The van der Waals surface area contributed by atoms with Crippen LogP contribution in [0.1, 0.15) is 5.89 Å². The number of rotatable bonds is 6. The highest BCUT2D eigenvalue weighted by Crippen LogP contribution is 2.22. The minimum Gasteiger partial charge on any atom is -0.461 e. The third-order valence-corrected chi connectivity index (χ3v) is 5.99. The van der Waals surface area contributed by atoms with Gasteiger partial charge in [0.05, 0.1) is 24.7 Å². The molecule has 0 bridgehead atoms. The molecule has 2 atom stereocenters. The first-order chi connectivity index (χ1) is 11.3. The number of likely N-dealkylation sites (tertiary alicyclic amines) is 1. The highest BCUT2D eigenvalue weighted by Gasteiger charge is 2.35. The smallest absolute Gasteiger partial charge is 0.241 e. The molecular weight excluding hydrogens is 336 g/mol. The van der Waals surface area contributed by atoms with Crippen LogP contribution in [-0.2, 0) is 16.6 Å². The Labute approximate surface area is 139 Å². The van der Waals surface area contributed by atoms with Gasteiger partial charge in [0.25, 0.3) is 0 Å². The van der Waals surface area contributed by atoms with Gasteiger partial charge in [-0.25, -0.2) is 12.7 Å². The van der Waals surface area contributed by atoms with Gasteiger partial charge in [-0.15, -0.1) is 0 Å². The summed E-state index contributed by atoms with van der Waals surface area (Å²) < 4.78 is 35.5. The summed E-state index contributed by atoms with van der Waals surface area (Å²) in [4.78, 5) is 6.15. The van der Waals surface area contributed by atoms with Crippen LogP contribution in [0.15, 0.2) is 27.3 Å². The first kappa shape index (κ1) is 17.1. The Hall–Kier alpha value is -1.75. The van der Waals surface area contributed by atoms with Crippen molar-refractivity contribution in [3.05, 3.63) is 24.3 Å². The minimum atomic E-state index is -3.35. The van der Waals surface area contributed by atoms with Crippen LogP contribution in [0.4, 0.5) is 0 Å². The molecule has 10 heteroatoms. The van der Waals surface area contributed by atoms with E-state index in [-0.39, 0.29) is 11.7 Å². The van der Waals surface area contributed by atoms with Crippen LogP contribution in [0.25, 0.3) is 11.6 Å². The Bertz CT molecular complexity index is 771. The number of sulfonamides is 1. The second-order valence-corrected chi connectivity index (χ2v) is 8.30. The van der Waals surface area contributed by atoms with Gasteiger partial charge in [0.15, 0.2) is 5.76 Å². The van der Waals surface area contributed by atoms with Crippen LogP contribution in [0.5, 0.6) is 0 Å². The number of aliphatic hydroxyl groups is 1. The van der Waals surface area contributed by atoms with Gasteiger partial charge in [-0.3, -0.25) is 4.90 Å². The first-order valence-corrected chi connectivity index (χ1v) is 9.13. The molecule has 1 aliphatic rings. The molecule has 2 aromatic rings. The zero-order valence-corrected chi connectivity index (χ0v) is 14.3. The lowest BCUT2D eigenvalue weighted by Gasteiger charge is -2.17. The van der Waals surface area contributed by atoms with Crippen molar-refractivity contribution in [2.24, 2.45) is 5.92 Å². The molecule has 3 heterocycles. The maximum absolute atomic E-state index is 12.0. The summed E-state index contributed by atoms with van der Waals surface area (Å²) in [7, 11) is -0.375. The van der Waals surface area contributed by atoms with E-state index in [4.69, 9.17) is 8.94 Å². The van der Waals surface area contributed by atoms with Crippen LogP contribution in [0.3, 0.4) is 0 Å². The summed E-state index contributed by atoms with van der Waals surface area (Å²) in [5, 5.41) is 14.0. The number of aromatic nitrogens is 2. The zero-order valence-electron chi connectivity index (χ0n) is 13.5. The van der Waals surface area contributed by atoms with Crippen LogP contribution in [-0.4, -0.2) is 71.9 Å². The highest BCUT2D eigenvalue weighted by molar-refractivity contribution is 7.89. The van der Waals surface area contributed by atoms with E-state index in [1.807, 2.05) is 4.90 Å². The van der Waals surface area contributed by atoms with E-state index in [1.165, 1.54) is 24.7 Å². The maximum atomic E-state index is 12.0. The summed E-state index contributed by atoms with van der Waals surface area (Å²) >= 11 is 0. The van der Waals surface area contributed by atoms with Gasteiger partial charge in [-0.2, -0.15) is 4.98 Å². The molecule has 0 amide bonds. The molecule has 1 saturated heterocycles. The lowest BCUT2D eigenvalue weighted by atomic mass is 10.1. The molecule has 9 nitrogen and oxygen atoms in total. The van der Waals surface area contributed by atoms with Gasteiger partial charge < -0.3 is 14.0 Å². The largest absolute Gasteiger partial charge is 0.461 e. The van der Waals surface area contributed by atoms with E-state index < -0.39 is 16.1 Å². The fourth-order valence-electron chi connectivity index (χ4n) is 2.67. The molecule has 0 aromatic carbocycles. The number of hydrogen-bond acceptors (Lipinski definition) is 8. The van der Waals surface area contributed by atoms with Crippen molar-refractivity contribution >= 4 is 10.0 Å². The Kier molecular flexibility index (Phi) is 4.72. The van der Waals surface area contributed by atoms with Crippen molar-refractivity contribution < 1.29 is 22.5 Å². The predicted octanol–water partition coefficient (Wildman–Crippen LogP) is 0.0137. The molecule has 0 radical (unpaired) electrons. The summed E-state index contributed by atoms with van der Waals surface area (Å²) in [6.07, 6.45) is 0.824. The van der Waals surface area contributed by atoms with Crippen LogP contribution < -0.4 is 0 Å². The van der Waals surface area contributed by atoms with E-state index in [1.54, 1.807) is 12.1 Å². The number of β-amino-alcohol motifs (C(OH)–C–C–N with tert-alkyl or cyclic N) is 1. The molecule has 2 aromatic heterocycles. The lowest BCUT2D eigenvalue weighted by molar-refractivity contribution is 0.146. The van der Waals surface area contributed by atoms with E-state index in [2.05, 4.69) is 10.1 Å². The second kappa shape index (κ2) is 6.63. The summed E-state index contributed by atoms with van der Waals surface area (Å²) in [6, 6.07) is 3.47. The predicted molar refractivity (Wildman–Crippen MR) is 84.2 cm³/mol. The third kappa shape index (κ3) is 3.66. The van der Waals surface area contributed by atoms with E-state index >= 15 is 0 Å². The molecule has 24 heavy (non-hydrogen) atoms. The Balaban J connectivity index is 1.61. The fourth-order valence-corrected chi connectivity index (χ4v) is 3.84. The molecule has 3 rings (SSSR count). The van der Waals surface area contributed by atoms with Gasteiger partial charge in [0, 0.05) is 33.1 Å². The van der Waals surface area contributed by atoms with Crippen molar-refractivity contribution in [3.63, 3.8) is 0 Å². The van der Waals surface area contributed by atoms with Gasteiger partial charge in [-0.05, 0) is 12.1 Å². The van der Waals surface area contributed by atoms with Gasteiger partial charge in [-0.1, -0.05) is 5.16 Å². The molecule has 0 aliphatic carbocycles. The molecule has 132 valence electrons. The number of furan rings is 1. The van der Waals surface area contributed by atoms with Gasteiger partial charge >= 0.3 is 0 Å².